The summed E-state index contributed by atoms with van der Waals surface area (Å²) in [6.07, 6.45) is 1.00. The Morgan fingerprint density at radius 1 is 1.57 bits per heavy atom. The van der Waals surface area contributed by atoms with Crippen LogP contribution in [0.25, 0.3) is 0 Å². The van der Waals surface area contributed by atoms with Crippen molar-refractivity contribution < 1.29 is 4.39 Å². The van der Waals surface area contributed by atoms with Crippen LogP contribution in [0.3, 0.4) is 0 Å². The summed E-state index contributed by atoms with van der Waals surface area (Å²) in [6.45, 7) is 3.73. The summed E-state index contributed by atoms with van der Waals surface area (Å²) >= 11 is 0. The average molecular weight is 194 g/mol. The number of hydrogen-bond acceptors (Lipinski definition) is 2. The first-order valence-electron chi connectivity index (χ1n) is 4.96. The topological polar surface area (TPSA) is 29.3 Å². The Labute approximate surface area is 83.5 Å². The van der Waals surface area contributed by atoms with Gasteiger partial charge in [-0.1, -0.05) is 6.07 Å². The van der Waals surface area contributed by atoms with Crippen molar-refractivity contribution in [2.75, 3.05) is 18.0 Å². The third kappa shape index (κ3) is 1.73. The third-order valence-electron chi connectivity index (χ3n) is 2.55. The van der Waals surface area contributed by atoms with Crippen molar-refractivity contribution in [3.63, 3.8) is 0 Å². The highest BCUT2D eigenvalue weighted by Crippen LogP contribution is 2.28. The van der Waals surface area contributed by atoms with Gasteiger partial charge in [0.25, 0.3) is 0 Å². The lowest BCUT2D eigenvalue weighted by atomic mass is 10.1. The molecule has 2 rings (SSSR count). The van der Waals surface area contributed by atoms with Gasteiger partial charge >= 0.3 is 0 Å². The van der Waals surface area contributed by atoms with Gasteiger partial charge in [-0.2, -0.15) is 0 Å². The van der Waals surface area contributed by atoms with Gasteiger partial charge in [-0.05, 0) is 31.0 Å². The molecule has 1 aromatic carbocycles. The van der Waals surface area contributed by atoms with Crippen molar-refractivity contribution in [1.82, 2.24) is 0 Å². The van der Waals surface area contributed by atoms with Gasteiger partial charge in [0.15, 0.2) is 0 Å². The summed E-state index contributed by atoms with van der Waals surface area (Å²) in [6, 6.07) is 5.12. The maximum Gasteiger partial charge on any atom is 0.125 e. The minimum atomic E-state index is -0.166. The molecular weight excluding hydrogens is 179 g/mol. The van der Waals surface area contributed by atoms with Crippen LogP contribution in [0, 0.1) is 5.82 Å². The van der Waals surface area contributed by atoms with Gasteiger partial charge in [0.05, 0.1) is 0 Å². The molecule has 0 amide bonds. The quantitative estimate of drug-likeness (QED) is 0.773. The molecule has 1 aromatic rings. The standard InChI is InChI=1S/C11H15FN2/c1-8(13)7-14-5-4-9-2-3-10(12)6-11(9)14/h2-3,6,8H,4-5,7,13H2,1H3/t8-/m0/s1. The van der Waals surface area contributed by atoms with Crippen LogP contribution in [0.5, 0.6) is 0 Å². The molecule has 0 unspecified atom stereocenters. The molecule has 0 aliphatic carbocycles. The SMILES string of the molecule is C[C@H](N)CN1CCc2ccc(F)cc21. The summed E-state index contributed by atoms with van der Waals surface area (Å²) in [7, 11) is 0. The van der Waals surface area contributed by atoms with E-state index >= 15 is 0 Å². The fourth-order valence-corrected chi connectivity index (χ4v) is 1.96. The molecule has 1 aliphatic heterocycles. The van der Waals surface area contributed by atoms with Crippen molar-refractivity contribution >= 4 is 5.69 Å². The summed E-state index contributed by atoms with van der Waals surface area (Å²) in [4.78, 5) is 2.16. The maximum atomic E-state index is 13.0. The Bertz CT molecular complexity index is 336. The Balaban J connectivity index is 2.24. The summed E-state index contributed by atoms with van der Waals surface area (Å²) in [5, 5.41) is 0. The van der Waals surface area contributed by atoms with E-state index in [-0.39, 0.29) is 11.9 Å². The Morgan fingerprint density at radius 2 is 2.36 bits per heavy atom. The number of anilines is 1. The molecule has 2 nitrogen and oxygen atoms in total. The van der Waals surface area contributed by atoms with E-state index in [1.165, 1.54) is 11.6 Å². The van der Waals surface area contributed by atoms with Crippen LogP contribution < -0.4 is 10.6 Å². The first-order valence-corrected chi connectivity index (χ1v) is 4.96. The zero-order valence-electron chi connectivity index (χ0n) is 8.33. The number of fused-ring (bicyclic) bond motifs is 1. The van der Waals surface area contributed by atoms with Gasteiger partial charge in [0.1, 0.15) is 5.82 Å². The molecule has 1 aliphatic rings. The fourth-order valence-electron chi connectivity index (χ4n) is 1.96. The van der Waals surface area contributed by atoms with E-state index in [4.69, 9.17) is 5.73 Å². The highest BCUT2D eigenvalue weighted by atomic mass is 19.1. The predicted octanol–water partition coefficient (Wildman–Crippen LogP) is 1.54. The molecule has 76 valence electrons. The molecule has 14 heavy (non-hydrogen) atoms. The van der Waals surface area contributed by atoms with E-state index in [2.05, 4.69) is 4.90 Å². The minimum Gasteiger partial charge on any atom is -0.369 e. The molecule has 0 spiro atoms. The van der Waals surface area contributed by atoms with E-state index in [9.17, 15) is 4.39 Å². The molecule has 1 heterocycles. The summed E-state index contributed by atoms with van der Waals surface area (Å²) in [5.41, 5.74) is 7.98. The van der Waals surface area contributed by atoms with Crippen LogP contribution in [0.4, 0.5) is 10.1 Å². The normalized spacial score (nSPS) is 16.9. The molecule has 0 aromatic heterocycles. The van der Waals surface area contributed by atoms with Crippen molar-refractivity contribution in [1.29, 1.82) is 0 Å². The van der Waals surface area contributed by atoms with Crippen LogP contribution in [-0.2, 0) is 6.42 Å². The summed E-state index contributed by atoms with van der Waals surface area (Å²) in [5.74, 6) is -0.166. The molecule has 1 atom stereocenters. The van der Waals surface area contributed by atoms with Crippen molar-refractivity contribution in [3.05, 3.63) is 29.6 Å². The number of hydrogen-bond donors (Lipinski definition) is 1. The first-order chi connectivity index (χ1) is 6.66. The number of rotatable bonds is 2. The number of benzene rings is 1. The molecule has 2 N–H and O–H groups in total. The van der Waals surface area contributed by atoms with Crippen molar-refractivity contribution in [2.45, 2.75) is 19.4 Å². The predicted molar refractivity (Wildman–Crippen MR) is 56.0 cm³/mol. The third-order valence-corrected chi connectivity index (χ3v) is 2.55. The Hall–Kier alpha value is -1.09. The highest BCUT2D eigenvalue weighted by molar-refractivity contribution is 5.58. The van der Waals surface area contributed by atoms with Crippen LogP contribution in [0.15, 0.2) is 18.2 Å². The number of nitrogens with two attached hydrogens (primary N) is 1. The van der Waals surface area contributed by atoms with Crippen LogP contribution in [0.2, 0.25) is 0 Å². The van der Waals surface area contributed by atoms with Gasteiger partial charge < -0.3 is 10.6 Å². The molecule has 0 saturated carbocycles. The summed E-state index contributed by atoms with van der Waals surface area (Å²) < 4.78 is 13.0. The smallest absolute Gasteiger partial charge is 0.125 e. The van der Waals surface area contributed by atoms with E-state index in [0.29, 0.717) is 0 Å². The van der Waals surface area contributed by atoms with E-state index in [0.717, 1.165) is 25.2 Å². The molecule has 3 heteroatoms. The lowest BCUT2D eigenvalue weighted by molar-refractivity contribution is 0.626. The van der Waals surface area contributed by atoms with E-state index < -0.39 is 0 Å². The lowest BCUT2D eigenvalue weighted by Crippen LogP contribution is -2.34. The second-order valence-electron chi connectivity index (χ2n) is 3.95. The lowest BCUT2D eigenvalue weighted by Gasteiger charge is -2.21. The molecule has 0 fully saturated rings. The molecule has 0 bridgehead atoms. The highest BCUT2D eigenvalue weighted by Gasteiger charge is 2.19. The Morgan fingerprint density at radius 3 is 3.07 bits per heavy atom. The molecular formula is C11H15FN2. The van der Waals surface area contributed by atoms with E-state index in [1.807, 2.05) is 13.0 Å². The second-order valence-corrected chi connectivity index (χ2v) is 3.95. The van der Waals surface area contributed by atoms with Crippen LogP contribution >= 0.6 is 0 Å². The van der Waals surface area contributed by atoms with Crippen molar-refractivity contribution in [3.8, 4) is 0 Å². The van der Waals surface area contributed by atoms with Gasteiger partial charge in [-0.3, -0.25) is 0 Å². The average Bonchev–Trinajstić information content (AvgIpc) is 2.47. The molecule has 0 saturated heterocycles. The zero-order valence-corrected chi connectivity index (χ0v) is 8.33. The largest absolute Gasteiger partial charge is 0.369 e. The van der Waals surface area contributed by atoms with E-state index in [1.54, 1.807) is 6.07 Å². The van der Waals surface area contributed by atoms with Crippen molar-refractivity contribution in [2.24, 2.45) is 5.73 Å². The number of nitrogens with zero attached hydrogens (tertiary/aromatic N) is 1. The fraction of sp³-hybridized carbons (Fsp3) is 0.455. The van der Waals surface area contributed by atoms with Gasteiger partial charge in [-0.15, -0.1) is 0 Å². The monoisotopic (exact) mass is 194 g/mol. The van der Waals surface area contributed by atoms with Crippen LogP contribution in [-0.4, -0.2) is 19.1 Å². The Kier molecular flexibility index (Phi) is 2.42. The zero-order chi connectivity index (χ0) is 10.1. The minimum absolute atomic E-state index is 0.129. The van der Waals surface area contributed by atoms with Crippen LogP contribution in [0.1, 0.15) is 12.5 Å². The van der Waals surface area contributed by atoms with Gasteiger partial charge in [0, 0.05) is 24.8 Å². The first kappa shape index (κ1) is 9.46. The second kappa shape index (κ2) is 3.58. The number of halogens is 1. The van der Waals surface area contributed by atoms with Gasteiger partial charge in [-0.25, -0.2) is 4.39 Å². The molecule has 0 radical (unpaired) electrons. The van der Waals surface area contributed by atoms with Gasteiger partial charge in [0.2, 0.25) is 0 Å². The maximum absolute atomic E-state index is 13.0.